The predicted octanol–water partition coefficient (Wildman–Crippen LogP) is 5.17. The van der Waals surface area contributed by atoms with Gasteiger partial charge in [-0.3, -0.25) is 4.79 Å². The Morgan fingerprint density at radius 3 is 2.42 bits per heavy atom. The minimum atomic E-state index is -0.0102. The van der Waals surface area contributed by atoms with E-state index >= 15 is 0 Å². The van der Waals surface area contributed by atoms with E-state index in [1.807, 2.05) is 24.0 Å². The van der Waals surface area contributed by atoms with Crippen molar-refractivity contribution in [3.8, 4) is 0 Å². The van der Waals surface area contributed by atoms with Crippen LogP contribution in [-0.2, 0) is 12.8 Å². The minimum Gasteiger partial charge on any atom is -0.353 e. The van der Waals surface area contributed by atoms with E-state index in [9.17, 15) is 4.79 Å². The number of halogens is 1. The molecular formula is C27H31ClN4O. The highest BCUT2D eigenvalue weighted by Crippen LogP contribution is 2.28. The molecule has 1 saturated heterocycles. The molecule has 3 aromatic rings. The van der Waals surface area contributed by atoms with Crippen molar-refractivity contribution in [3.63, 3.8) is 0 Å². The zero-order valence-corrected chi connectivity index (χ0v) is 20.6. The van der Waals surface area contributed by atoms with Gasteiger partial charge in [0, 0.05) is 43.9 Å². The summed E-state index contributed by atoms with van der Waals surface area (Å²) < 4.78 is 0. The van der Waals surface area contributed by atoms with Crippen molar-refractivity contribution >= 4 is 23.3 Å². The first-order chi connectivity index (χ1) is 15.9. The average molecular weight is 463 g/mol. The van der Waals surface area contributed by atoms with Gasteiger partial charge in [-0.25, -0.2) is 9.97 Å². The van der Waals surface area contributed by atoms with Crippen LogP contribution in [0.25, 0.3) is 0 Å². The molecule has 1 fully saturated rings. The summed E-state index contributed by atoms with van der Waals surface area (Å²) in [6, 6.07) is 13.9. The van der Waals surface area contributed by atoms with Gasteiger partial charge in [0.25, 0.3) is 5.91 Å². The molecule has 1 aliphatic heterocycles. The van der Waals surface area contributed by atoms with Gasteiger partial charge < -0.3 is 9.80 Å². The fourth-order valence-corrected chi connectivity index (χ4v) is 4.70. The molecule has 33 heavy (non-hydrogen) atoms. The molecule has 6 heteroatoms. The van der Waals surface area contributed by atoms with Crippen molar-refractivity contribution in [1.29, 1.82) is 0 Å². The summed E-state index contributed by atoms with van der Waals surface area (Å²) in [6.07, 6.45) is 1.67. The summed E-state index contributed by atoms with van der Waals surface area (Å²) in [5, 5.41) is 0.500. The second-order valence-electron chi connectivity index (χ2n) is 8.74. The van der Waals surface area contributed by atoms with Crippen LogP contribution in [0.3, 0.4) is 0 Å². The number of rotatable bonds is 5. The second-order valence-corrected chi connectivity index (χ2v) is 9.15. The molecule has 0 unspecified atom stereocenters. The quantitative estimate of drug-likeness (QED) is 0.524. The molecule has 0 saturated carbocycles. The van der Waals surface area contributed by atoms with Crippen molar-refractivity contribution in [2.75, 3.05) is 31.1 Å². The summed E-state index contributed by atoms with van der Waals surface area (Å²) in [5.41, 5.74) is 6.72. The van der Waals surface area contributed by atoms with Crippen molar-refractivity contribution in [3.05, 3.63) is 86.8 Å². The van der Waals surface area contributed by atoms with Crippen molar-refractivity contribution < 1.29 is 4.79 Å². The minimum absolute atomic E-state index is 0.0102. The van der Waals surface area contributed by atoms with Gasteiger partial charge in [-0.05, 0) is 50.5 Å². The number of carbonyl (C=O) groups excluding carboxylic acids is 1. The smallest absolute Gasteiger partial charge is 0.255 e. The Morgan fingerprint density at radius 2 is 1.73 bits per heavy atom. The van der Waals surface area contributed by atoms with Gasteiger partial charge in [0.2, 0.25) is 0 Å². The number of carbonyl (C=O) groups is 1. The van der Waals surface area contributed by atoms with Crippen molar-refractivity contribution in [2.24, 2.45) is 0 Å². The molecule has 5 nitrogen and oxygen atoms in total. The third kappa shape index (κ3) is 5.03. The molecule has 172 valence electrons. The van der Waals surface area contributed by atoms with Crippen LogP contribution in [0.4, 0.5) is 5.82 Å². The zero-order valence-electron chi connectivity index (χ0n) is 19.9. The van der Waals surface area contributed by atoms with E-state index in [1.165, 1.54) is 22.3 Å². The molecule has 0 radical (unpaired) electrons. The molecule has 0 aliphatic carbocycles. The topological polar surface area (TPSA) is 49.3 Å². The van der Waals surface area contributed by atoms with E-state index in [-0.39, 0.29) is 5.91 Å². The number of amides is 1. The molecule has 4 rings (SSSR count). The van der Waals surface area contributed by atoms with Crippen LogP contribution in [0, 0.1) is 20.8 Å². The largest absolute Gasteiger partial charge is 0.353 e. The predicted molar refractivity (Wildman–Crippen MR) is 134 cm³/mol. The zero-order chi connectivity index (χ0) is 23.5. The van der Waals surface area contributed by atoms with Crippen LogP contribution in [-0.4, -0.2) is 47.0 Å². The van der Waals surface area contributed by atoms with Gasteiger partial charge in [-0.2, -0.15) is 0 Å². The van der Waals surface area contributed by atoms with Crippen molar-refractivity contribution in [1.82, 2.24) is 14.9 Å². The SMILES string of the molecule is CCc1nc(C)nc(N2CCN(C(=O)c3ccccc3Cl)CC2)c1Cc1cc(C)ccc1C. The monoisotopic (exact) mass is 462 g/mol. The van der Waals surface area contributed by atoms with E-state index in [0.717, 1.165) is 43.3 Å². The lowest BCUT2D eigenvalue weighted by Crippen LogP contribution is -2.49. The maximum Gasteiger partial charge on any atom is 0.255 e. The fraction of sp³-hybridized carbons (Fsp3) is 0.370. The van der Waals surface area contributed by atoms with Gasteiger partial charge in [0.15, 0.2) is 0 Å². The van der Waals surface area contributed by atoms with E-state index < -0.39 is 0 Å². The Kier molecular flexibility index (Phi) is 6.99. The number of hydrogen-bond acceptors (Lipinski definition) is 4. The molecule has 0 bridgehead atoms. The fourth-order valence-electron chi connectivity index (χ4n) is 4.48. The Hall–Kier alpha value is -2.92. The third-order valence-electron chi connectivity index (χ3n) is 6.36. The standard InChI is InChI=1S/C27H31ClN4O/c1-5-25-23(17-21-16-18(2)10-11-19(21)3)26(30-20(4)29-25)31-12-14-32(15-13-31)27(33)22-8-6-7-9-24(22)28/h6-11,16H,5,12-15,17H2,1-4H3. The number of aryl methyl sites for hydroxylation is 4. The van der Waals surface area contributed by atoms with Crippen molar-refractivity contribution in [2.45, 2.75) is 40.5 Å². The van der Waals surface area contributed by atoms with E-state index in [1.54, 1.807) is 12.1 Å². The number of anilines is 1. The number of hydrogen-bond donors (Lipinski definition) is 0. The lowest BCUT2D eigenvalue weighted by atomic mass is 9.96. The highest BCUT2D eigenvalue weighted by atomic mass is 35.5. The molecular weight excluding hydrogens is 432 g/mol. The molecule has 0 spiro atoms. The van der Waals surface area contributed by atoms with Crippen LogP contribution in [0.2, 0.25) is 5.02 Å². The molecule has 0 N–H and O–H groups in total. The first-order valence-electron chi connectivity index (χ1n) is 11.6. The second kappa shape index (κ2) is 9.92. The first kappa shape index (κ1) is 23.2. The van der Waals surface area contributed by atoms with Crippen LogP contribution < -0.4 is 4.90 Å². The normalized spacial score (nSPS) is 14.0. The summed E-state index contributed by atoms with van der Waals surface area (Å²) in [7, 11) is 0. The summed E-state index contributed by atoms with van der Waals surface area (Å²) in [5.74, 6) is 1.79. The molecule has 0 atom stereocenters. The summed E-state index contributed by atoms with van der Waals surface area (Å²) in [4.78, 5) is 26.8. The first-order valence-corrected chi connectivity index (χ1v) is 12.0. The number of nitrogens with zero attached hydrogens (tertiary/aromatic N) is 4. The van der Waals surface area contributed by atoms with E-state index in [0.29, 0.717) is 23.7 Å². The summed E-state index contributed by atoms with van der Waals surface area (Å²) >= 11 is 6.26. The van der Waals surface area contributed by atoms with Gasteiger partial charge in [0.05, 0.1) is 10.6 Å². The third-order valence-corrected chi connectivity index (χ3v) is 6.69. The molecule has 1 amide bonds. The Morgan fingerprint density at radius 1 is 1.00 bits per heavy atom. The Bertz CT molecular complexity index is 1170. The molecule has 1 aliphatic rings. The van der Waals surface area contributed by atoms with E-state index in [4.69, 9.17) is 21.6 Å². The van der Waals surface area contributed by atoms with Gasteiger partial charge in [-0.1, -0.05) is 54.4 Å². The van der Waals surface area contributed by atoms with Crippen LogP contribution >= 0.6 is 11.6 Å². The summed E-state index contributed by atoms with van der Waals surface area (Å²) in [6.45, 7) is 11.1. The molecule has 2 aromatic carbocycles. The average Bonchev–Trinajstić information content (AvgIpc) is 2.82. The molecule has 2 heterocycles. The molecule has 1 aromatic heterocycles. The van der Waals surface area contributed by atoms with Crippen LogP contribution in [0.15, 0.2) is 42.5 Å². The van der Waals surface area contributed by atoms with Crippen LogP contribution in [0.5, 0.6) is 0 Å². The number of aromatic nitrogens is 2. The van der Waals surface area contributed by atoms with Crippen LogP contribution in [0.1, 0.15) is 51.1 Å². The highest BCUT2D eigenvalue weighted by Gasteiger charge is 2.26. The lowest BCUT2D eigenvalue weighted by molar-refractivity contribution is 0.0746. The number of benzene rings is 2. The Labute approximate surface area is 201 Å². The maximum atomic E-state index is 13.0. The van der Waals surface area contributed by atoms with E-state index in [2.05, 4.69) is 43.9 Å². The maximum absolute atomic E-state index is 13.0. The lowest BCUT2D eigenvalue weighted by Gasteiger charge is -2.36. The van der Waals surface area contributed by atoms with Gasteiger partial charge >= 0.3 is 0 Å². The van der Waals surface area contributed by atoms with Gasteiger partial charge in [-0.15, -0.1) is 0 Å². The van der Waals surface area contributed by atoms with Gasteiger partial charge in [0.1, 0.15) is 11.6 Å². The number of piperazine rings is 1. The Balaban J connectivity index is 1.59. The highest BCUT2D eigenvalue weighted by molar-refractivity contribution is 6.33.